The van der Waals surface area contributed by atoms with E-state index in [4.69, 9.17) is 10.00 Å². The molecule has 0 aliphatic carbocycles. The van der Waals surface area contributed by atoms with E-state index in [1.807, 2.05) is 25.7 Å². The molecule has 0 saturated carbocycles. The zero-order valence-electron chi connectivity index (χ0n) is 14.7. The van der Waals surface area contributed by atoms with Crippen LogP contribution in [-0.2, 0) is 9.53 Å². The van der Waals surface area contributed by atoms with E-state index in [-0.39, 0.29) is 12.5 Å². The Hall–Kier alpha value is -2.89. The minimum absolute atomic E-state index is 0.214. The van der Waals surface area contributed by atoms with Crippen molar-refractivity contribution in [2.45, 2.75) is 32.8 Å². The highest BCUT2D eigenvalue weighted by Gasteiger charge is 2.26. The molecule has 9 heteroatoms. The molecule has 2 heterocycles. The second kappa shape index (κ2) is 7.79. The molecule has 0 radical (unpaired) electrons. The molecule has 0 bridgehead atoms. The Kier molecular flexibility index (Phi) is 5.75. The number of nitrogens with zero attached hydrogens (tertiary/aromatic N) is 5. The van der Waals surface area contributed by atoms with Gasteiger partial charge in [0.2, 0.25) is 11.9 Å². The maximum Gasteiger partial charge on any atom is 0.410 e. The highest BCUT2D eigenvalue weighted by atomic mass is 16.6. The maximum absolute atomic E-state index is 12.0. The van der Waals surface area contributed by atoms with Crippen LogP contribution in [0.5, 0.6) is 0 Å². The van der Waals surface area contributed by atoms with Crippen LogP contribution in [0.2, 0.25) is 0 Å². The molecular weight excluding hydrogens is 324 g/mol. The first-order valence-electron chi connectivity index (χ1n) is 8.00. The van der Waals surface area contributed by atoms with Crippen LogP contribution in [0.4, 0.5) is 16.4 Å². The van der Waals surface area contributed by atoms with E-state index in [0.29, 0.717) is 37.8 Å². The quantitative estimate of drug-likeness (QED) is 0.880. The number of piperazine rings is 1. The van der Waals surface area contributed by atoms with Gasteiger partial charge in [0.15, 0.2) is 0 Å². The molecule has 0 aromatic carbocycles. The van der Waals surface area contributed by atoms with Gasteiger partial charge in [0.25, 0.3) is 0 Å². The number of ether oxygens (including phenoxy) is 1. The van der Waals surface area contributed by atoms with Crippen molar-refractivity contribution in [3.05, 3.63) is 12.4 Å². The third-order valence-electron chi connectivity index (χ3n) is 3.38. The molecule has 1 fully saturated rings. The van der Waals surface area contributed by atoms with Crippen molar-refractivity contribution in [1.29, 1.82) is 5.26 Å². The summed E-state index contributed by atoms with van der Waals surface area (Å²) in [5.74, 6) is 0.131. The van der Waals surface area contributed by atoms with E-state index in [1.165, 1.54) is 12.4 Å². The topological polar surface area (TPSA) is 111 Å². The number of nitriles is 1. The zero-order chi connectivity index (χ0) is 18.4. The standard InChI is InChI=1S/C16H22N6O3/c1-16(2,3)25-15(24)22-8-6-21(7-9-22)14-18-10-12(11-19-14)20-13(23)4-5-17/h10-11H,4,6-9H2,1-3H3,(H,20,23). The van der Waals surface area contributed by atoms with Gasteiger partial charge in [-0.1, -0.05) is 0 Å². The highest BCUT2D eigenvalue weighted by molar-refractivity contribution is 5.91. The summed E-state index contributed by atoms with van der Waals surface area (Å²) in [5, 5.41) is 11.0. The van der Waals surface area contributed by atoms with Gasteiger partial charge in [0, 0.05) is 26.2 Å². The second-order valence-electron chi connectivity index (χ2n) is 6.61. The van der Waals surface area contributed by atoms with Gasteiger partial charge >= 0.3 is 6.09 Å². The van der Waals surface area contributed by atoms with Crippen molar-refractivity contribution >= 4 is 23.6 Å². The predicted molar refractivity (Wildman–Crippen MR) is 90.9 cm³/mol. The molecule has 1 N–H and O–H groups in total. The Morgan fingerprint density at radius 2 is 1.84 bits per heavy atom. The number of aromatic nitrogens is 2. The van der Waals surface area contributed by atoms with Crippen molar-refractivity contribution in [2.75, 3.05) is 36.4 Å². The summed E-state index contributed by atoms with van der Waals surface area (Å²) in [7, 11) is 0. The minimum atomic E-state index is -0.511. The SMILES string of the molecule is CC(C)(C)OC(=O)N1CCN(c2ncc(NC(=O)CC#N)cn2)CC1. The maximum atomic E-state index is 12.0. The number of anilines is 2. The largest absolute Gasteiger partial charge is 0.444 e. The average Bonchev–Trinajstić information content (AvgIpc) is 2.54. The van der Waals surface area contributed by atoms with Crippen molar-refractivity contribution < 1.29 is 14.3 Å². The summed E-state index contributed by atoms with van der Waals surface area (Å²) in [6.45, 7) is 7.76. The summed E-state index contributed by atoms with van der Waals surface area (Å²) >= 11 is 0. The molecular formula is C16H22N6O3. The lowest BCUT2D eigenvalue weighted by Gasteiger charge is -2.35. The van der Waals surface area contributed by atoms with E-state index in [9.17, 15) is 9.59 Å². The van der Waals surface area contributed by atoms with Crippen molar-refractivity contribution in [2.24, 2.45) is 0 Å². The molecule has 1 aliphatic rings. The van der Waals surface area contributed by atoms with Crippen LogP contribution in [0.15, 0.2) is 12.4 Å². The summed E-state index contributed by atoms with van der Waals surface area (Å²) in [6.07, 6.45) is 2.47. The van der Waals surface area contributed by atoms with Gasteiger partial charge in [-0.15, -0.1) is 0 Å². The molecule has 1 aromatic rings. The van der Waals surface area contributed by atoms with Gasteiger partial charge in [0.05, 0.1) is 24.2 Å². The fourth-order valence-corrected chi connectivity index (χ4v) is 2.24. The molecule has 0 atom stereocenters. The Morgan fingerprint density at radius 3 is 2.36 bits per heavy atom. The molecule has 9 nitrogen and oxygen atoms in total. The van der Waals surface area contributed by atoms with E-state index < -0.39 is 11.5 Å². The summed E-state index contributed by atoms with van der Waals surface area (Å²) in [5.41, 5.74) is -0.0697. The monoisotopic (exact) mass is 346 g/mol. The number of hydrogen-bond donors (Lipinski definition) is 1. The Balaban J connectivity index is 1.87. The molecule has 1 aliphatic heterocycles. The fraction of sp³-hybridized carbons (Fsp3) is 0.562. The van der Waals surface area contributed by atoms with Crippen molar-refractivity contribution in [1.82, 2.24) is 14.9 Å². The first kappa shape index (κ1) is 18.4. The van der Waals surface area contributed by atoms with Crippen molar-refractivity contribution in [3.8, 4) is 6.07 Å². The lowest BCUT2D eigenvalue weighted by atomic mass is 10.2. The molecule has 0 spiro atoms. The molecule has 25 heavy (non-hydrogen) atoms. The number of carbonyl (C=O) groups is 2. The van der Waals surface area contributed by atoms with Gasteiger partial charge in [-0.25, -0.2) is 14.8 Å². The third kappa shape index (κ3) is 5.60. The molecule has 2 amide bonds. The first-order chi connectivity index (χ1) is 11.8. The number of rotatable bonds is 3. The second-order valence-corrected chi connectivity index (χ2v) is 6.61. The van der Waals surface area contributed by atoms with E-state index in [0.717, 1.165) is 0 Å². The molecule has 1 aromatic heterocycles. The predicted octanol–water partition coefficient (Wildman–Crippen LogP) is 1.39. The lowest BCUT2D eigenvalue weighted by Crippen LogP contribution is -2.50. The van der Waals surface area contributed by atoms with Crippen molar-refractivity contribution in [3.63, 3.8) is 0 Å². The summed E-state index contributed by atoms with van der Waals surface area (Å²) in [4.78, 5) is 35.5. The number of nitrogens with one attached hydrogen (secondary N) is 1. The van der Waals surface area contributed by atoms with Crippen LogP contribution in [0.3, 0.4) is 0 Å². The molecule has 0 unspecified atom stereocenters. The van der Waals surface area contributed by atoms with E-state index in [1.54, 1.807) is 11.0 Å². The van der Waals surface area contributed by atoms with Crippen LogP contribution < -0.4 is 10.2 Å². The lowest BCUT2D eigenvalue weighted by molar-refractivity contribution is -0.115. The summed E-state index contributed by atoms with van der Waals surface area (Å²) < 4.78 is 5.36. The molecule has 134 valence electrons. The Morgan fingerprint density at radius 1 is 1.24 bits per heavy atom. The van der Waals surface area contributed by atoms with Gasteiger partial charge < -0.3 is 19.9 Å². The van der Waals surface area contributed by atoms with Crippen LogP contribution >= 0.6 is 0 Å². The normalized spacial score (nSPS) is 14.6. The van der Waals surface area contributed by atoms with E-state index >= 15 is 0 Å². The van der Waals surface area contributed by atoms with Gasteiger partial charge in [-0.05, 0) is 20.8 Å². The number of hydrogen-bond acceptors (Lipinski definition) is 7. The minimum Gasteiger partial charge on any atom is -0.444 e. The highest BCUT2D eigenvalue weighted by Crippen LogP contribution is 2.15. The van der Waals surface area contributed by atoms with Gasteiger partial charge in [-0.2, -0.15) is 5.26 Å². The van der Waals surface area contributed by atoms with Crippen LogP contribution in [0.25, 0.3) is 0 Å². The van der Waals surface area contributed by atoms with Gasteiger partial charge in [-0.3, -0.25) is 4.79 Å². The van der Waals surface area contributed by atoms with E-state index in [2.05, 4.69) is 15.3 Å². The van der Waals surface area contributed by atoms with Crippen LogP contribution in [0, 0.1) is 11.3 Å². The average molecular weight is 346 g/mol. The van der Waals surface area contributed by atoms with Crippen LogP contribution in [0.1, 0.15) is 27.2 Å². The Bertz CT molecular complexity index is 654. The first-order valence-corrected chi connectivity index (χ1v) is 8.00. The van der Waals surface area contributed by atoms with Crippen LogP contribution in [-0.4, -0.2) is 58.6 Å². The molecule has 2 rings (SSSR count). The Labute approximate surface area is 146 Å². The number of carbonyl (C=O) groups excluding carboxylic acids is 2. The summed E-state index contributed by atoms with van der Waals surface area (Å²) in [6, 6.07) is 1.77. The smallest absolute Gasteiger partial charge is 0.410 e. The number of amides is 2. The fourth-order valence-electron chi connectivity index (χ4n) is 2.24. The third-order valence-corrected chi connectivity index (χ3v) is 3.38. The molecule has 1 saturated heterocycles. The van der Waals surface area contributed by atoms with Gasteiger partial charge in [0.1, 0.15) is 12.0 Å². The zero-order valence-corrected chi connectivity index (χ0v) is 14.7.